The lowest BCUT2D eigenvalue weighted by Crippen LogP contribution is -2.47. The second kappa shape index (κ2) is 10.00. The average Bonchev–Trinajstić information content (AvgIpc) is 3.33. The smallest absolute Gasteiger partial charge is 0.251 e. The molecular weight excluding hydrogens is 466 g/mol. The summed E-state index contributed by atoms with van der Waals surface area (Å²) in [6.45, 7) is 3.51. The van der Waals surface area contributed by atoms with E-state index in [2.05, 4.69) is 22.3 Å². The number of nitrogens with zero attached hydrogens (tertiary/aromatic N) is 2. The Morgan fingerprint density at radius 1 is 1.06 bits per heavy atom. The van der Waals surface area contributed by atoms with Crippen molar-refractivity contribution in [1.82, 2.24) is 14.5 Å². The second-order valence-corrected chi connectivity index (χ2v) is 12.0. The molecule has 3 aromatic rings. The molecule has 0 saturated carbocycles. The van der Waals surface area contributed by atoms with Crippen molar-refractivity contribution in [2.24, 2.45) is 0 Å². The summed E-state index contributed by atoms with van der Waals surface area (Å²) in [6.07, 6.45) is 2.67. The highest BCUT2D eigenvalue weighted by Gasteiger charge is 2.29. The molecule has 1 N–H and O–H groups in total. The Kier molecular flexibility index (Phi) is 6.83. The van der Waals surface area contributed by atoms with Gasteiger partial charge in [0.05, 0.1) is 4.90 Å². The Balaban J connectivity index is 1.24. The number of benzene rings is 2. The Bertz CT molecular complexity index is 1260. The van der Waals surface area contributed by atoms with Crippen LogP contribution >= 0.6 is 11.3 Å². The fraction of sp³-hybridized carbons (Fsp3) is 0.346. The van der Waals surface area contributed by atoms with E-state index in [9.17, 15) is 13.2 Å². The number of carbonyl (C=O) groups excluding carboxylic acids is 1. The van der Waals surface area contributed by atoms with Gasteiger partial charge in [-0.1, -0.05) is 36.4 Å². The quantitative estimate of drug-likeness (QED) is 0.563. The zero-order chi connectivity index (χ0) is 23.5. The first-order valence-corrected chi connectivity index (χ1v) is 14.0. The molecule has 0 aliphatic carbocycles. The Hall–Kier alpha value is -2.52. The van der Waals surface area contributed by atoms with E-state index in [4.69, 9.17) is 0 Å². The maximum atomic E-state index is 13.3. The maximum absolute atomic E-state index is 13.3. The molecule has 0 bridgehead atoms. The van der Waals surface area contributed by atoms with Gasteiger partial charge in [-0.3, -0.25) is 9.69 Å². The Morgan fingerprint density at radius 3 is 2.76 bits per heavy atom. The predicted molar refractivity (Wildman–Crippen MR) is 134 cm³/mol. The number of carbonyl (C=O) groups is 1. The summed E-state index contributed by atoms with van der Waals surface area (Å²) in [7, 11) is -3.67. The monoisotopic (exact) mass is 495 g/mol. The van der Waals surface area contributed by atoms with Gasteiger partial charge in [0.1, 0.15) is 0 Å². The van der Waals surface area contributed by atoms with E-state index in [-0.39, 0.29) is 16.8 Å². The third-order valence-electron chi connectivity index (χ3n) is 6.60. The molecule has 2 aliphatic heterocycles. The molecule has 3 heterocycles. The lowest BCUT2D eigenvalue weighted by atomic mass is 10.0. The van der Waals surface area contributed by atoms with Gasteiger partial charge >= 0.3 is 0 Å². The average molecular weight is 496 g/mol. The number of fused-ring (bicyclic) bond motifs is 1. The van der Waals surface area contributed by atoms with Gasteiger partial charge in [-0.15, -0.1) is 11.3 Å². The van der Waals surface area contributed by atoms with Crippen LogP contribution in [0.1, 0.15) is 39.2 Å². The zero-order valence-electron chi connectivity index (χ0n) is 19.0. The zero-order valence-corrected chi connectivity index (χ0v) is 20.7. The summed E-state index contributed by atoms with van der Waals surface area (Å²) in [5, 5.41) is 5.14. The summed E-state index contributed by atoms with van der Waals surface area (Å²) in [6, 6.07) is 18.8. The highest BCUT2D eigenvalue weighted by Crippen LogP contribution is 2.28. The molecule has 0 spiro atoms. The standard InChI is InChI=1S/C26H29N3O3S2/c30-26(27-23-9-5-13-28(19-23)17-20-6-2-1-3-7-20)21-8-4-10-24(16-21)34(31,32)29-14-11-25-22(18-29)12-15-33-25/h1-4,6-8,10,12,15-16,23H,5,9,11,13-14,17-19H2,(H,27,30). The number of rotatable bonds is 6. The first-order valence-electron chi connectivity index (χ1n) is 11.7. The largest absolute Gasteiger partial charge is 0.348 e. The molecule has 1 aromatic heterocycles. The molecule has 1 amide bonds. The molecule has 1 fully saturated rings. The molecule has 1 atom stereocenters. The van der Waals surface area contributed by atoms with Crippen LogP contribution in [0.2, 0.25) is 0 Å². The number of likely N-dealkylation sites (tertiary alicyclic amines) is 1. The molecule has 6 nitrogen and oxygen atoms in total. The van der Waals surface area contributed by atoms with Crippen LogP contribution in [0.15, 0.2) is 70.9 Å². The molecule has 178 valence electrons. The number of sulfonamides is 1. The lowest BCUT2D eigenvalue weighted by Gasteiger charge is -2.33. The summed E-state index contributed by atoms with van der Waals surface area (Å²) in [5.74, 6) is -0.220. The molecule has 1 unspecified atom stereocenters. The van der Waals surface area contributed by atoms with Crippen LogP contribution in [0.4, 0.5) is 0 Å². The van der Waals surface area contributed by atoms with Crippen LogP contribution in [-0.2, 0) is 29.5 Å². The molecule has 1 saturated heterocycles. The van der Waals surface area contributed by atoms with E-state index in [0.29, 0.717) is 18.7 Å². The van der Waals surface area contributed by atoms with Gasteiger partial charge in [0.15, 0.2) is 0 Å². The van der Waals surface area contributed by atoms with E-state index in [1.807, 2.05) is 29.6 Å². The van der Waals surface area contributed by atoms with E-state index < -0.39 is 10.0 Å². The third kappa shape index (κ3) is 5.10. The van der Waals surface area contributed by atoms with Gasteiger partial charge in [-0.05, 0) is 66.6 Å². The third-order valence-corrected chi connectivity index (χ3v) is 9.46. The Labute approximate surface area is 205 Å². The van der Waals surface area contributed by atoms with Crippen molar-refractivity contribution in [3.63, 3.8) is 0 Å². The molecule has 5 rings (SSSR count). The van der Waals surface area contributed by atoms with Crippen LogP contribution in [0.25, 0.3) is 0 Å². The number of hydrogen-bond donors (Lipinski definition) is 1. The normalized spacial score (nSPS) is 19.5. The van der Waals surface area contributed by atoms with Gasteiger partial charge in [-0.25, -0.2) is 8.42 Å². The predicted octanol–water partition coefficient (Wildman–Crippen LogP) is 3.89. The van der Waals surface area contributed by atoms with Crippen molar-refractivity contribution in [1.29, 1.82) is 0 Å². The van der Waals surface area contributed by atoms with E-state index in [1.54, 1.807) is 29.5 Å². The fourth-order valence-corrected chi connectivity index (χ4v) is 7.16. The summed E-state index contributed by atoms with van der Waals surface area (Å²) in [4.78, 5) is 16.8. The minimum Gasteiger partial charge on any atom is -0.348 e. The summed E-state index contributed by atoms with van der Waals surface area (Å²) >= 11 is 1.68. The number of thiophene rings is 1. The minimum atomic E-state index is -3.67. The second-order valence-electron chi connectivity index (χ2n) is 9.02. The SMILES string of the molecule is O=C(NC1CCCN(Cc2ccccc2)C1)c1cccc(S(=O)(=O)N2CCc3sccc3C2)c1. The fourth-order valence-electron chi connectivity index (χ4n) is 4.80. The highest BCUT2D eigenvalue weighted by molar-refractivity contribution is 7.89. The van der Waals surface area contributed by atoms with Crippen molar-refractivity contribution in [2.75, 3.05) is 19.6 Å². The van der Waals surface area contributed by atoms with Gasteiger partial charge in [-0.2, -0.15) is 4.31 Å². The lowest BCUT2D eigenvalue weighted by molar-refractivity contribution is 0.0900. The van der Waals surface area contributed by atoms with E-state index >= 15 is 0 Å². The van der Waals surface area contributed by atoms with E-state index in [1.165, 1.54) is 20.8 Å². The first-order chi connectivity index (χ1) is 16.5. The van der Waals surface area contributed by atoms with Crippen molar-refractivity contribution in [2.45, 2.75) is 43.3 Å². The van der Waals surface area contributed by atoms with Gasteiger partial charge in [0, 0.05) is 42.7 Å². The minimum absolute atomic E-state index is 0.0457. The van der Waals surface area contributed by atoms with Crippen LogP contribution in [0, 0.1) is 0 Å². The number of nitrogens with one attached hydrogen (secondary N) is 1. The van der Waals surface area contributed by atoms with Crippen LogP contribution in [0.3, 0.4) is 0 Å². The van der Waals surface area contributed by atoms with E-state index in [0.717, 1.165) is 44.5 Å². The maximum Gasteiger partial charge on any atom is 0.251 e. The molecule has 2 aromatic carbocycles. The molecule has 34 heavy (non-hydrogen) atoms. The molecule has 0 radical (unpaired) electrons. The summed E-state index contributed by atoms with van der Waals surface area (Å²) in [5.41, 5.74) is 2.72. The first kappa shape index (κ1) is 23.2. The van der Waals surface area contributed by atoms with Crippen molar-refractivity contribution in [3.8, 4) is 0 Å². The Morgan fingerprint density at radius 2 is 1.91 bits per heavy atom. The van der Waals surface area contributed by atoms with Crippen molar-refractivity contribution in [3.05, 3.63) is 87.6 Å². The summed E-state index contributed by atoms with van der Waals surface area (Å²) < 4.78 is 28.1. The topological polar surface area (TPSA) is 69.7 Å². The van der Waals surface area contributed by atoms with Crippen molar-refractivity contribution < 1.29 is 13.2 Å². The molecule has 8 heteroatoms. The number of piperidine rings is 1. The number of amides is 1. The molecular formula is C26H29N3O3S2. The number of hydrogen-bond acceptors (Lipinski definition) is 5. The van der Waals surface area contributed by atoms with Crippen LogP contribution < -0.4 is 5.32 Å². The van der Waals surface area contributed by atoms with Crippen molar-refractivity contribution >= 4 is 27.3 Å². The van der Waals surface area contributed by atoms with Crippen LogP contribution in [-0.4, -0.2) is 49.2 Å². The van der Waals surface area contributed by atoms with Gasteiger partial charge in [0.2, 0.25) is 10.0 Å². The van der Waals surface area contributed by atoms with Gasteiger partial charge < -0.3 is 5.32 Å². The van der Waals surface area contributed by atoms with Gasteiger partial charge in [0.25, 0.3) is 5.91 Å². The van der Waals surface area contributed by atoms with Crippen LogP contribution in [0.5, 0.6) is 0 Å². The highest BCUT2D eigenvalue weighted by atomic mass is 32.2. The molecule has 2 aliphatic rings.